The van der Waals surface area contributed by atoms with Crippen LogP contribution < -0.4 is 5.32 Å². The molecule has 1 amide bonds. The number of aliphatic carboxylic acids is 1. The molecule has 7 heteroatoms. The number of carboxylic acids is 1. The van der Waals surface area contributed by atoms with E-state index in [9.17, 15) is 14.4 Å². The van der Waals surface area contributed by atoms with Gasteiger partial charge in [-0.3, -0.25) is 14.6 Å². The number of rotatable bonds is 4. The molecule has 0 bridgehead atoms. The van der Waals surface area contributed by atoms with Crippen molar-refractivity contribution in [3.8, 4) is 0 Å². The second kappa shape index (κ2) is 7.02. The van der Waals surface area contributed by atoms with Crippen LogP contribution in [0.5, 0.6) is 0 Å². The van der Waals surface area contributed by atoms with Crippen molar-refractivity contribution in [3.63, 3.8) is 0 Å². The second-order valence-corrected chi connectivity index (χ2v) is 5.71. The smallest absolute Gasteiger partial charge is 0.394 e. The summed E-state index contributed by atoms with van der Waals surface area (Å²) in [4.78, 5) is 37.6. The lowest BCUT2D eigenvalue weighted by Crippen LogP contribution is -2.25. The molecular weight excluding hydrogens is 288 g/mol. The molecular formula is C15H20N2O5. The van der Waals surface area contributed by atoms with Crippen molar-refractivity contribution in [3.05, 3.63) is 23.5 Å². The summed E-state index contributed by atoms with van der Waals surface area (Å²) in [7, 11) is 0. The minimum absolute atomic E-state index is 0.0214. The Morgan fingerprint density at radius 2 is 1.95 bits per heavy atom. The topological polar surface area (TPSA) is 106 Å². The average molecular weight is 308 g/mol. The van der Waals surface area contributed by atoms with Gasteiger partial charge in [0.2, 0.25) is 0 Å². The fourth-order valence-electron chi connectivity index (χ4n) is 1.77. The van der Waals surface area contributed by atoms with Crippen molar-refractivity contribution >= 4 is 23.5 Å². The maximum absolute atomic E-state index is 11.8. The Kier molecular flexibility index (Phi) is 5.62. The molecule has 1 heterocycles. The Bertz CT molecular complexity index is 590. The van der Waals surface area contributed by atoms with E-state index in [0.717, 1.165) is 5.56 Å². The van der Waals surface area contributed by atoms with Crippen LogP contribution in [0.15, 0.2) is 12.3 Å². The molecule has 1 aromatic rings. The largest absolute Gasteiger partial charge is 0.474 e. The average Bonchev–Trinajstić information content (AvgIpc) is 2.38. The number of esters is 1. The third-order valence-corrected chi connectivity index (χ3v) is 2.62. The summed E-state index contributed by atoms with van der Waals surface area (Å²) >= 11 is 0. The van der Waals surface area contributed by atoms with Crippen molar-refractivity contribution < 1.29 is 24.2 Å². The van der Waals surface area contributed by atoms with E-state index in [2.05, 4.69) is 10.3 Å². The molecule has 0 aliphatic carbocycles. The van der Waals surface area contributed by atoms with Gasteiger partial charge >= 0.3 is 17.8 Å². The number of pyridine rings is 1. The molecule has 0 saturated carbocycles. The maximum Gasteiger partial charge on any atom is 0.394 e. The summed E-state index contributed by atoms with van der Waals surface area (Å²) in [6.45, 7) is 7.22. The van der Waals surface area contributed by atoms with Crippen LogP contribution in [0.2, 0.25) is 0 Å². The van der Waals surface area contributed by atoms with Gasteiger partial charge in [0, 0.05) is 0 Å². The number of aryl methyl sites for hydroxylation is 1. The molecule has 1 rings (SSSR count). The molecule has 0 saturated heterocycles. The first-order chi connectivity index (χ1) is 10.1. The highest BCUT2D eigenvalue weighted by Crippen LogP contribution is 2.16. The molecule has 0 fully saturated rings. The van der Waals surface area contributed by atoms with E-state index >= 15 is 0 Å². The fourth-order valence-corrected chi connectivity index (χ4v) is 1.77. The zero-order chi connectivity index (χ0) is 16.9. The van der Waals surface area contributed by atoms with Crippen LogP contribution in [0.1, 0.15) is 39.0 Å². The van der Waals surface area contributed by atoms with Crippen LogP contribution in [-0.2, 0) is 32.0 Å². The van der Waals surface area contributed by atoms with Crippen LogP contribution in [0, 0.1) is 0 Å². The number of carboxylic acid groups (broad SMARTS) is 1. The van der Waals surface area contributed by atoms with Gasteiger partial charge in [0.25, 0.3) is 0 Å². The third kappa shape index (κ3) is 5.51. The van der Waals surface area contributed by atoms with Crippen LogP contribution in [0.3, 0.4) is 0 Å². The number of ether oxygens (including phenoxy) is 1. The Hall–Kier alpha value is -2.44. The number of nitrogens with zero attached hydrogens (tertiary/aromatic N) is 1. The molecule has 1 aromatic heterocycles. The maximum atomic E-state index is 11.8. The highest BCUT2D eigenvalue weighted by Gasteiger charge is 2.19. The predicted octanol–water partition coefficient (Wildman–Crippen LogP) is 1.55. The van der Waals surface area contributed by atoms with Crippen LogP contribution in [0.4, 0.5) is 5.69 Å². The lowest BCUT2D eigenvalue weighted by Gasteiger charge is -2.19. The van der Waals surface area contributed by atoms with Crippen molar-refractivity contribution in [1.82, 2.24) is 4.98 Å². The zero-order valence-corrected chi connectivity index (χ0v) is 13.1. The van der Waals surface area contributed by atoms with E-state index < -0.39 is 23.4 Å². The number of carbonyl (C=O) groups excluding carboxylic acids is 2. The standard InChI is InChI=1S/C15H20N2O5/c1-5-9-6-10(17-13(19)14(20)21)8-16-11(9)7-12(18)22-15(2,3)4/h6,8H,5,7H2,1-4H3,(H,17,19)(H,20,21). The quantitative estimate of drug-likeness (QED) is 0.646. The predicted molar refractivity (Wildman–Crippen MR) is 79.4 cm³/mol. The van der Waals surface area contributed by atoms with Gasteiger partial charge in [-0.05, 0) is 38.8 Å². The Balaban J connectivity index is 2.87. The number of hydrogen-bond donors (Lipinski definition) is 2. The van der Waals surface area contributed by atoms with Crippen LogP contribution >= 0.6 is 0 Å². The number of carbonyl (C=O) groups is 3. The van der Waals surface area contributed by atoms with Gasteiger partial charge in [-0.25, -0.2) is 4.79 Å². The number of anilines is 1. The van der Waals surface area contributed by atoms with E-state index in [0.29, 0.717) is 12.1 Å². The van der Waals surface area contributed by atoms with E-state index in [1.807, 2.05) is 6.92 Å². The van der Waals surface area contributed by atoms with Gasteiger partial charge in [-0.15, -0.1) is 0 Å². The Morgan fingerprint density at radius 1 is 1.32 bits per heavy atom. The second-order valence-electron chi connectivity index (χ2n) is 5.71. The first-order valence-corrected chi connectivity index (χ1v) is 6.86. The molecule has 0 aromatic carbocycles. The van der Waals surface area contributed by atoms with E-state index in [1.165, 1.54) is 6.20 Å². The Morgan fingerprint density at radius 3 is 2.45 bits per heavy atom. The highest BCUT2D eigenvalue weighted by atomic mass is 16.6. The minimum Gasteiger partial charge on any atom is -0.474 e. The van der Waals surface area contributed by atoms with Gasteiger partial charge in [0.1, 0.15) is 5.60 Å². The van der Waals surface area contributed by atoms with Gasteiger partial charge < -0.3 is 15.2 Å². The van der Waals surface area contributed by atoms with Gasteiger partial charge in [0.15, 0.2) is 0 Å². The number of nitrogens with one attached hydrogen (secondary N) is 1. The molecule has 0 spiro atoms. The molecule has 22 heavy (non-hydrogen) atoms. The highest BCUT2D eigenvalue weighted by molar-refractivity contribution is 6.36. The molecule has 0 radical (unpaired) electrons. The number of aromatic nitrogens is 1. The summed E-state index contributed by atoms with van der Waals surface area (Å²) in [5.74, 6) is -3.10. The monoisotopic (exact) mass is 308 g/mol. The van der Waals surface area contributed by atoms with Gasteiger partial charge in [0.05, 0.1) is 24.0 Å². The normalized spacial score (nSPS) is 10.9. The lowest BCUT2D eigenvalue weighted by atomic mass is 10.1. The number of hydrogen-bond acceptors (Lipinski definition) is 5. The summed E-state index contributed by atoms with van der Waals surface area (Å²) in [6.07, 6.45) is 1.93. The van der Waals surface area contributed by atoms with Crippen molar-refractivity contribution in [2.45, 2.75) is 46.1 Å². The Labute approximate surface area is 128 Å². The van der Waals surface area contributed by atoms with E-state index in [1.54, 1.807) is 26.8 Å². The van der Waals surface area contributed by atoms with Crippen molar-refractivity contribution in [2.75, 3.05) is 5.32 Å². The first-order valence-electron chi connectivity index (χ1n) is 6.86. The fraction of sp³-hybridized carbons (Fsp3) is 0.467. The summed E-state index contributed by atoms with van der Waals surface area (Å²) in [5.41, 5.74) is 0.995. The SMILES string of the molecule is CCc1cc(NC(=O)C(=O)O)cnc1CC(=O)OC(C)(C)C. The molecule has 0 aliphatic heterocycles. The lowest BCUT2D eigenvalue weighted by molar-refractivity contribution is -0.154. The molecule has 0 atom stereocenters. The summed E-state index contributed by atoms with van der Waals surface area (Å²) in [6, 6.07) is 1.60. The molecule has 2 N–H and O–H groups in total. The molecule has 7 nitrogen and oxygen atoms in total. The van der Waals surface area contributed by atoms with Crippen molar-refractivity contribution in [2.24, 2.45) is 0 Å². The molecule has 120 valence electrons. The molecule has 0 aliphatic rings. The third-order valence-electron chi connectivity index (χ3n) is 2.62. The van der Waals surface area contributed by atoms with Gasteiger partial charge in [-0.1, -0.05) is 6.92 Å². The minimum atomic E-state index is -1.57. The van der Waals surface area contributed by atoms with Crippen molar-refractivity contribution in [1.29, 1.82) is 0 Å². The summed E-state index contributed by atoms with van der Waals surface area (Å²) in [5, 5.41) is 10.8. The zero-order valence-electron chi connectivity index (χ0n) is 13.1. The van der Waals surface area contributed by atoms with E-state index in [4.69, 9.17) is 9.84 Å². The first kappa shape index (κ1) is 17.6. The van der Waals surface area contributed by atoms with Gasteiger partial charge in [-0.2, -0.15) is 0 Å². The number of amides is 1. The van der Waals surface area contributed by atoms with Crippen LogP contribution in [-0.4, -0.2) is 33.5 Å². The van der Waals surface area contributed by atoms with Crippen LogP contribution in [0.25, 0.3) is 0 Å². The van der Waals surface area contributed by atoms with E-state index in [-0.39, 0.29) is 12.1 Å². The summed E-state index contributed by atoms with van der Waals surface area (Å²) < 4.78 is 5.24. The molecule has 0 unspecified atom stereocenters.